The normalized spacial score (nSPS) is 22.8. The number of piperidine rings is 1. The first-order chi connectivity index (χ1) is 14.5. The van der Waals surface area contributed by atoms with Crippen molar-refractivity contribution in [1.82, 2.24) is 19.8 Å². The number of fused-ring (bicyclic) bond motifs is 1. The summed E-state index contributed by atoms with van der Waals surface area (Å²) in [7, 11) is 0. The minimum atomic E-state index is -0.159. The van der Waals surface area contributed by atoms with Crippen LogP contribution in [0.5, 0.6) is 0 Å². The molecular formula is C23H34N4O3. The van der Waals surface area contributed by atoms with Gasteiger partial charge in [-0.2, -0.15) is 0 Å². The van der Waals surface area contributed by atoms with Crippen LogP contribution in [0.15, 0.2) is 4.79 Å². The molecule has 7 heteroatoms. The lowest BCUT2D eigenvalue weighted by atomic mass is 9.88. The van der Waals surface area contributed by atoms with E-state index in [0.29, 0.717) is 37.4 Å². The molecule has 3 aliphatic rings. The molecule has 0 spiro atoms. The Bertz CT molecular complexity index is 856. The van der Waals surface area contributed by atoms with Crippen LogP contribution in [0.25, 0.3) is 0 Å². The summed E-state index contributed by atoms with van der Waals surface area (Å²) in [6, 6.07) is -0.159. The number of hydrogen-bond donors (Lipinski definition) is 1. The van der Waals surface area contributed by atoms with Gasteiger partial charge in [-0.25, -0.2) is 4.98 Å². The Balaban J connectivity index is 1.54. The number of amides is 2. The standard InChI is InChI=1S/C23H34N4O3/c1-15(2)22(29)27-12-7-6-10-19(27)20-24-18-11-13-26(14-17(18)21(28)25-20)23(30)16-8-4-3-5-9-16/h15-16,19H,3-14H2,1-2H3,(H,24,25,28). The fraction of sp³-hybridized carbons (Fsp3) is 0.739. The third kappa shape index (κ3) is 4.16. The summed E-state index contributed by atoms with van der Waals surface area (Å²) < 4.78 is 0. The lowest BCUT2D eigenvalue weighted by Crippen LogP contribution is -2.44. The molecule has 30 heavy (non-hydrogen) atoms. The third-order valence-electron chi connectivity index (χ3n) is 6.95. The molecule has 1 N–H and O–H groups in total. The Morgan fingerprint density at radius 1 is 1.03 bits per heavy atom. The van der Waals surface area contributed by atoms with Crippen LogP contribution in [0.2, 0.25) is 0 Å². The zero-order valence-electron chi connectivity index (χ0n) is 18.3. The zero-order valence-corrected chi connectivity index (χ0v) is 18.3. The van der Waals surface area contributed by atoms with Crippen LogP contribution in [0.4, 0.5) is 0 Å². The van der Waals surface area contributed by atoms with Gasteiger partial charge in [0.2, 0.25) is 11.8 Å². The molecule has 2 aliphatic heterocycles. The van der Waals surface area contributed by atoms with Crippen LogP contribution in [0.1, 0.15) is 88.3 Å². The quantitative estimate of drug-likeness (QED) is 0.824. The summed E-state index contributed by atoms with van der Waals surface area (Å²) in [6.07, 6.45) is 8.85. The Morgan fingerprint density at radius 2 is 1.77 bits per heavy atom. The van der Waals surface area contributed by atoms with Gasteiger partial charge in [0, 0.05) is 31.3 Å². The van der Waals surface area contributed by atoms with E-state index in [1.165, 1.54) is 6.42 Å². The molecule has 164 valence electrons. The number of hydrogen-bond acceptors (Lipinski definition) is 4. The van der Waals surface area contributed by atoms with Crippen molar-refractivity contribution in [2.75, 3.05) is 13.1 Å². The zero-order chi connectivity index (χ0) is 21.3. The second-order valence-corrected chi connectivity index (χ2v) is 9.42. The highest BCUT2D eigenvalue weighted by molar-refractivity contribution is 5.79. The van der Waals surface area contributed by atoms with Crippen LogP contribution in [-0.4, -0.2) is 44.7 Å². The Kier molecular flexibility index (Phi) is 6.25. The molecular weight excluding hydrogens is 380 g/mol. The monoisotopic (exact) mass is 414 g/mol. The largest absolute Gasteiger partial charge is 0.337 e. The summed E-state index contributed by atoms with van der Waals surface area (Å²) in [5.41, 5.74) is 1.26. The smallest absolute Gasteiger partial charge is 0.256 e. The predicted octanol–water partition coefficient (Wildman–Crippen LogP) is 2.94. The Hall–Kier alpha value is -2.18. The first-order valence-electron chi connectivity index (χ1n) is 11.7. The molecule has 1 aromatic rings. The van der Waals surface area contributed by atoms with Crippen LogP contribution < -0.4 is 5.56 Å². The van der Waals surface area contributed by atoms with E-state index in [-0.39, 0.29) is 35.3 Å². The van der Waals surface area contributed by atoms with Crippen LogP contribution >= 0.6 is 0 Å². The van der Waals surface area contributed by atoms with Crippen molar-refractivity contribution in [3.8, 4) is 0 Å². The van der Waals surface area contributed by atoms with Crippen molar-refractivity contribution in [2.24, 2.45) is 11.8 Å². The molecule has 1 unspecified atom stereocenters. The van der Waals surface area contributed by atoms with Gasteiger partial charge in [-0.3, -0.25) is 14.4 Å². The van der Waals surface area contributed by atoms with Crippen molar-refractivity contribution in [2.45, 2.75) is 84.2 Å². The molecule has 1 saturated heterocycles. The number of aromatic nitrogens is 2. The minimum Gasteiger partial charge on any atom is -0.337 e. The fourth-order valence-electron chi connectivity index (χ4n) is 5.21. The molecule has 1 aromatic heterocycles. The van der Waals surface area contributed by atoms with Crippen LogP contribution in [-0.2, 0) is 22.6 Å². The summed E-state index contributed by atoms with van der Waals surface area (Å²) in [5.74, 6) is 0.965. The van der Waals surface area contributed by atoms with E-state index in [2.05, 4.69) is 4.98 Å². The topological polar surface area (TPSA) is 86.4 Å². The van der Waals surface area contributed by atoms with Gasteiger partial charge in [0.05, 0.1) is 23.8 Å². The van der Waals surface area contributed by atoms with Crippen molar-refractivity contribution in [1.29, 1.82) is 0 Å². The lowest BCUT2D eigenvalue weighted by Gasteiger charge is -2.37. The third-order valence-corrected chi connectivity index (χ3v) is 6.95. The van der Waals surface area contributed by atoms with Crippen LogP contribution in [0, 0.1) is 11.8 Å². The van der Waals surface area contributed by atoms with Gasteiger partial charge in [-0.1, -0.05) is 33.1 Å². The Morgan fingerprint density at radius 3 is 2.50 bits per heavy atom. The molecule has 0 aromatic carbocycles. The number of likely N-dealkylation sites (tertiary alicyclic amines) is 1. The van der Waals surface area contributed by atoms with Gasteiger partial charge in [0.1, 0.15) is 5.82 Å². The summed E-state index contributed by atoms with van der Waals surface area (Å²) in [6.45, 7) is 5.51. The number of aromatic amines is 1. The first-order valence-corrected chi connectivity index (χ1v) is 11.7. The van der Waals surface area contributed by atoms with E-state index in [0.717, 1.165) is 50.6 Å². The van der Waals surface area contributed by atoms with Crippen LogP contribution in [0.3, 0.4) is 0 Å². The molecule has 2 amide bonds. The van der Waals surface area contributed by atoms with Gasteiger partial charge < -0.3 is 14.8 Å². The van der Waals surface area contributed by atoms with E-state index in [1.807, 2.05) is 23.6 Å². The SMILES string of the molecule is CC(C)C(=O)N1CCCCC1c1nc2c(c(=O)[nH]1)CN(C(=O)C1CCCCC1)CC2. The maximum absolute atomic E-state index is 12.9. The number of nitrogens with zero attached hydrogens (tertiary/aromatic N) is 3. The first kappa shape index (κ1) is 21.1. The predicted molar refractivity (Wildman–Crippen MR) is 114 cm³/mol. The number of carbonyl (C=O) groups is 2. The highest BCUT2D eigenvalue weighted by atomic mass is 16.2. The second kappa shape index (κ2) is 8.90. The van der Waals surface area contributed by atoms with E-state index < -0.39 is 0 Å². The summed E-state index contributed by atoms with van der Waals surface area (Å²) >= 11 is 0. The van der Waals surface area contributed by atoms with Crippen molar-refractivity contribution in [3.63, 3.8) is 0 Å². The number of carbonyl (C=O) groups excluding carboxylic acids is 2. The van der Waals surface area contributed by atoms with Gasteiger partial charge in [0.25, 0.3) is 5.56 Å². The average molecular weight is 415 g/mol. The highest BCUT2D eigenvalue weighted by Gasteiger charge is 2.34. The maximum atomic E-state index is 12.9. The molecule has 1 atom stereocenters. The van der Waals surface area contributed by atoms with E-state index in [4.69, 9.17) is 4.98 Å². The lowest BCUT2D eigenvalue weighted by molar-refractivity contribution is -0.139. The summed E-state index contributed by atoms with van der Waals surface area (Å²) in [5, 5.41) is 0. The number of H-pyrrole nitrogens is 1. The molecule has 7 nitrogen and oxygen atoms in total. The van der Waals surface area contributed by atoms with Gasteiger partial charge in [-0.05, 0) is 32.1 Å². The fourth-order valence-corrected chi connectivity index (χ4v) is 5.21. The van der Waals surface area contributed by atoms with Gasteiger partial charge >= 0.3 is 0 Å². The second-order valence-electron chi connectivity index (χ2n) is 9.42. The van der Waals surface area contributed by atoms with E-state index in [9.17, 15) is 14.4 Å². The number of nitrogens with one attached hydrogen (secondary N) is 1. The average Bonchev–Trinajstić information content (AvgIpc) is 2.78. The van der Waals surface area contributed by atoms with Gasteiger partial charge in [-0.15, -0.1) is 0 Å². The molecule has 1 saturated carbocycles. The van der Waals surface area contributed by atoms with Gasteiger partial charge in [0.15, 0.2) is 0 Å². The molecule has 0 radical (unpaired) electrons. The summed E-state index contributed by atoms with van der Waals surface area (Å²) in [4.78, 5) is 50.1. The van der Waals surface area contributed by atoms with Crippen molar-refractivity contribution < 1.29 is 9.59 Å². The maximum Gasteiger partial charge on any atom is 0.256 e. The van der Waals surface area contributed by atoms with E-state index >= 15 is 0 Å². The molecule has 3 heterocycles. The molecule has 2 fully saturated rings. The molecule has 1 aliphatic carbocycles. The minimum absolute atomic E-state index is 0.0747. The molecule has 0 bridgehead atoms. The van der Waals surface area contributed by atoms with E-state index in [1.54, 1.807) is 0 Å². The van der Waals surface area contributed by atoms with Crippen molar-refractivity contribution in [3.05, 3.63) is 27.4 Å². The highest BCUT2D eigenvalue weighted by Crippen LogP contribution is 2.31. The molecule has 4 rings (SSSR count). The van der Waals surface area contributed by atoms with Crippen molar-refractivity contribution >= 4 is 11.8 Å². The number of rotatable bonds is 3. The Labute approximate surface area is 178 Å².